The summed E-state index contributed by atoms with van der Waals surface area (Å²) in [5.74, 6) is 0.112. The molecule has 0 bridgehead atoms. The van der Waals surface area contributed by atoms with Gasteiger partial charge in [-0.1, -0.05) is 31.2 Å². The lowest BCUT2D eigenvalue weighted by molar-refractivity contribution is -0.137. The molecule has 2 aromatic rings. The average Bonchev–Trinajstić information content (AvgIpc) is 2.76. The topological polar surface area (TPSA) is 60.5 Å². The summed E-state index contributed by atoms with van der Waals surface area (Å²) in [6, 6.07) is 12.5. The third-order valence-electron chi connectivity index (χ3n) is 5.69. The SMILES string of the molecule is CCC(CNC(=O)C1(Cc2cccc(-c3ccncc3)c2)CCOCC1)OC. The van der Waals surface area contributed by atoms with E-state index in [4.69, 9.17) is 9.47 Å². The summed E-state index contributed by atoms with van der Waals surface area (Å²) in [6.07, 6.45) is 6.72. The molecule has 1 aromatic heterocycles. The molecule has 28 heavy (non-hydrogen) atoms. The van der Waals surface area contributed by atoms with E-state index in [2.05, 4.69) is 41.5 Å². The number of nitrogens with zero attached hydrogens (tertiary/aromatic N) is 1. The number of nitrogens with one attached hydrogen (secondary N) is 1. The van der Waals surface area contributed by atoms with Crippen LogP contribution in [0.1, 0.15) is 31.7 Å². The Balaban J connectivity index is 1.78. The Morgan fingerprint density at radius 1 is 1.21 bits per heavy atom. The van der Waals surface area contributed by atoms with E-state index in [1.807, 2.05) is 12.1 Å². The maximum absolute atomic E-state index is 13.2. The van der Waals surface area contributed by atoms with E-state index in [0.717, 1.165) is 30.4 Å². The fourth-order valence-electron chi connectivity index (χ4n) is 3.83. The Morgan fingerprint density at radius 2 is 1.96 bits per heavy atom. The molecule has 0 saturated carbocycles. The van der Waals surface area contributed by atoms with Crippen molar-refractivity contribution in [3.05, 3.63) is 54.4 Å². The number of aromatic nitrogens is 1. The lowest BCUT2D eigenvalue weighted by Crippen LogP contribution is -2.48. The number of benzene rings is 1. The smallest absolute Gasteiger partial charge is 0.226 e. The Hall–Kier alpha value is -2.24. The second kappa shape index (κ2) is 9.80. The Labute approximate surface area is 167 Å². The first-order valence-electron chi connectivity index (χ1n) is 10.0. The van der Waals surface area contributed by atoms with Crippen LogP contribution < -0.4 is 5.32 Å². The van der Waals surface area contributed by atoms with Crippen molar-refractivity contribution >= 4 is 5.91 Å². The van der Waals surface area contributed by atoms with Crippen LogP contribution in [0.3, 0.4) is 0 Å². The van der Waals surface area contributed by atoms with Gasteiger partial charge in [0.1, 0.15) is 0 Å². The van der Waals surface area contributed by atoms with Crippen LogP contribution in [0.25, 0.3) is 11.1 Å². The van der Waals surface area contributed by atoms with Crippen molar-refractivity contribution in [1.82, 2.24) is 10.3 Å². The van der Waals surface area contributed by atoms with Crippen LogP contribution in [0.5, 0.6) is 0 Å². The highest BCUT2D eigenvalue weighted by Crippen LogP contribution is 2.35. The van der Waals surface area contributed by atoms with Crippen LogP contribution in [0.15, 0.2) is 48.8 Å². The van der Waals surface area contributed by atoms with Gasteiger partial charge in [-0.15, -0.1) is 0 Å². The van der Waals surface area contributed by atoms with Gasteiger partial charge in [-0.2, -0.15) is 0 Å². The quantitative estimate of drug-likeness (QED) is 0.757. The first-order valence-corrected chi connectivity index (χ1v) is 10.0. The maximum Gasteiger partial charge on any atom is 0.226 e. The van der Waals surface area contributed by atoms with Gasteiger partial charge in [-0.25, -0.2) is 0 Å². The second-order valence-electron chi connectivity index (χ2n) is 7.48. The molecule has 0 aliphatic carbocycles. The maximum atomic E-state index is 13.2. The number of ether oxygens (including phenoxy) is 2. The van der Waals surface area contributed by atoms with Crippen LogP contribution in [0.4, 0.5) is 0 Å². The highest BCUT2D eigenvalue weighted by Gasteiger charge is 2.40. The Morgan fingerprint density at radius 3 is 2.64 bits per heavy atom. The lowest BCUT2D eigenvalue weighted by Gasteiger charge is -2.36. The first-order chi connectivity index (χ1) is 13.7. The second-order valence-corrected chi connectivity index (χ2v) is 7.48. The van der Waals surface area contributed by atoms with Gasteiger partial charge in [-0.3, -0.25) is 9.78 Å². The molecule has 5 heteroatoms. The fourth-order valence-corrected chi connectivity index (χ4v) is 3.83. The van der Waals surface area contributed by atoms with Crippen molar-refractivity contribution in [2.45, 2.75) is 38.7 Å². The fraction of sp³-hybridized carbons (Fsp3) is 0.478. The molecule has 5 nitrogen and oxygen atoms in total. The van der Waals surface area contributed by atoms with Gasteiger partial charge < -0.3 is 14.8 Å². The van der Waals surface area contributed by atoms with Crippen molar-refractivity contribution < 1.29 is 14.3 Å². The average molecular weight is 383 g/mol. The Kier molecular flexibility index (Phi) is 7.18. The monoisotopic (exact) mass is 382 g/mol. The summed E-state index contributed by atoms with van der Waals surface area (Å²) in [5.41, 5.74) is 3.02. The standard InChI is InChI=1S/C23H30N2O3/c1-3-21(27-2)17-25-22(26)23(9-13-28-14-10-23)16-18-5-4-6-20(15-18)19-7-11-24-12-8-19/h4-8,11-12,15,21H,3,9-10,13-14,16-17H2,1-2H3,(H,25,26). The first kappa shape index (κ1) is 20.5. The molecule has 2 heterocycles. The predicted octanol–water partition coefficient (Wildman–Crippen LogP) is 3.63. The van der Waals surface area contributed by atoms with Crippen LogP contribution in [-0.2, 0) is 20.7 Å². The molecule has 1 fully saturated rings. The molecular formula is C23H30N2O3. The minimum absolute atomic E-state index is 0.0517. The van der Waals surface area contributed by atoms with Crippen molar-refractivity contribution in [2.75, 3.05) is 26.9 Å². The van der Waals surface area contributed by atoms with E-state index in [0.29, 0.717) is 26.2 Å². The highest BCUT2D eigenvalue weighted by molar-refractivity contribution is 5.83. The lowest BCUT2D eigenvalue weighted by atomic mass is 9.74. The molecule has 1 saturated heterocycles. The molecule has 1 atom stereocenters. The number of amides is 1. The van der Waals surface area contributed by atoms with Crippen molar-refractivity contribution in [2.24, 2.45) is 5.41 Å². The molecule has 0 radical (unpaired) electrons. The van der Waals surface area contributed by atoms with Gasteiger partial charge in [0.25, 0.3) is 0 Å². The van der Waals surface area contributed by atoms with Crippen molar-refractivity contribution in [1.29, 1.82) is 0 Å². The van der Waals surface area contributed by atoms with Crippen molar-refractivity contribution in [3.63, 3.8) is 0 Å². The molecule has 1 aliphatic rings. The van der Waals surface area contributed by atoms with Gasteiger partial charge in [-0.05, 0) is 54.5 Å². The predicted molar refractivity (Wildman–Crippen MR) is 110 cm³/mol. The summed E-state index contributed by atoms with van der Waals surface area (Å²) >= 11 is 0. The van der Waals surface area contributed by atoms with E-state index in [1.165, 1.54) is 5.56 Å². The molecular weight excluding hydrogens is 352 g/mol. The zero-order valence-corrected chi connectivity index (χ0v) is 16.8. The minimum Gasteiger partial charge on any atom is -0.381 e. The van der Waals surface area contributed by atoms with Crippen LogP contribution in [0.2, 0.25) is 0 Å². The third-order valence-corrected chi connectivity index (χ3v) is 5.69. The zero-order chi connectivity index (χ0) is 19.8. The number of pyridine rings is 1. The van der Waals surface area contributed by atoms with E-state index >= 15 is 0 Å². The summed E-state index contributed by atoms with van der Waals surface area (Å²) < 4.78 is 11.0. The summed E-state index contributed by atoms with van der Waals surface area (Å²) in [4.78, 5) is 17.3. The summed E-state index contributed by atoms with van der Waals surface area (Å²) in [5, 5.41) is 3.13. The van der Waals surface area contributed by atoms with E-state index in [9.17, 15) is 4.79 Å². The number of rotatable bonds is 8. The largest absolute Gasteiger partial charge is 0.381 e. The third kappa shape index (κ3) is 4.97. The van der Waals surface area contributed by atoms with Gasteiger partial charge in [0.2, 0.25) is 5.91 Å². The minimum atomic E-state index is -0.429. The summed E-state index contributed by atoms with van der Waals surface area (Å²) in [7, 11) is 1.69. The van der Waals surface area contributed by atoms with Gasteiger partial charge in [0.15, 0.2) is 0 Å². The van der Waals surface area contributed by atoms with Crippen LogP contribution in [-0.4, -0.2) is 43.9 Å². The number of hydrogen-bond donors (Lipinski definition) is 1. The number of carbonyl (C=O) groups excluding carboxylic acids is 1. The highest BCUT2D eigenvalue weighted by atomic mass is 16.5. The van der Waals surface area contributed by atoms with E-state index in [1.54, 1.807) is 19.5 Å². The van der Waals surface area contributed by atoms with E-state index < -0.39 is 5.41 Å². The zero-order valence-electron chi connectivity index (χ0n) is 16.8. The van der Waals surface area contributed by atoms with Gasteiger partial charge in [0, 0.05) is 39.3 Å². The number of hydrogen-bond acceptors (Lipinski definition) is 4. The molecule has 1 amide bonds. The van der Waals surface area contributed by atoms with Gasteiger partial charge in [0.05, 0.1) is 11.5 Å². The molecule has 3 rings (SSSR count). The van der Waals surface area contributed by atoms with E-state index in [-0.39, 0.29) is 12.0 Å². The molecule has 1 aromatic carbocycles. The molecule has 1 aliphatic heterocycles. The molecule has 1 unspecified atom stereocenters. The van der Waals surface area contributed by atoms with Gasteiger partial charge >= 0.3 is 0 Å². The Bertz CT molecular complexity index is 753. The molecule has 1 N–H and O–H groups in total. The van der Waals surface area contributed by atoms with Crippen LogP contribution >= 0.6 is 0 Å². The molecule has 0 spiro atoms. The molecule has 150 valence electrons. The van der Waals surface area contributed by atoms with Crippen LogP contribution in [0, 0.1) is 5.41 Å². The number of carbonyl (C=O) groups is 1. The van der Waals surface area contributed by atoms with Crippen molar-refractivity contribution in [3.8, 4) is 11.1 Å². The number of methoxy groups -OCH3 is 1. The normalized spacial score (nSPS) is 17.1. The summed E-state index contributed by atoms with van der Waals surface area (Å²) in [6.45, 7) is 3.86.